The average molecular weight is 241 g/mol. The van der Waals surface area contributed by atoms with Crippen molar-refractivity contribution in [2.45, 2.75) is 40.0 Å². The van der Waals surface area contributed by atoms with Crippen molar-refractivity contribution in [1.29, 1.82) is 0 Å². The highest BCUT2D eigenvalue weighted by Crippen LogP contribution is 2.23. The Morgan fingerprint density at radius 3 is 2.75 bits per heavy atom. The third kappa shape index (κ3) is 4.75. The summed E-state index contributed by atoms with van der Waals surface area (Å²) in [5.74, 6) is -0.176. The zero-order valence-electron chi connectivity index (χ0n) is 10.4. The van der Waals surface area contributed by atoms with Gasteiger partial charge in [0, 0.05) is 18.2 Å². The predicted molar refractivity (Wildman–Crippen MR) is 65.6 cm³/mol. The van der Waals surface area contributed by atoms with E-state index >= 15 is 0 Å². The molecule has 0 atom stereocenters. The number of thiazole rings is 1. The average Bonchev–Trinajstić information content (AvgIpc) is 2.59. The molecule has 0 amide bonds. The molecule has 0 saturated carbocycles. The predicted octanol–water partition coefficient (Wildman–Crippen LogP) is 2.84. The van der Waals surface area contributed by atoms with Crippen molar-refractivity contribution in [1.82, 2.24) is 4.98 Å². The van der Waals surface area contributed by atoms with Crippen molar-refractivity contribution in [2.24, 2.45) is 5.41 Å². The molecule has 0 fully saturated rings. The van der Waals surface area contributed by atoms with Crippen molar-refractivity contribution in [3.8, 4) is 0 Å². The normalized spacial score (nSPS) is 11.5. The van der Waals surface area contributed by atoms with E-state index in [9.17, 15) is 4.79 Å². The molecular formula is C12H19NO2S. The van der Waals surface area contributed by atoms with Crippen LogP contribution in [0.5, 0.6) is 0 Å². The molecule has 1 rings (SSSR count). The third-order valence-corrected chi connectivity index (χ3v) is 2.99. The van der Waals surface area contributed by atoms with Crippen molar-refractivity contribution in [3.63, 3.8) is 0 Å². The summed E-state index contributed by atoms with van der Waals surface area (Å²) in [6.07, 6.45) is 2.07. The highest BCUT2D eigenvalue weighted by atomic mass is 32.1. The fourth-order valence-electron chi connectivity index (χ4n) is 1.33. The van der Waals surface area contributed by atoms with Crippen LogP contribution in [0.1, 0.15) is 37.9 Å². The van der Waals surface area contributed by atoms with Crippen LogP contribution in [-0.4, -0.2) is 18.1 Å². The molecule has 0 radical (unpaired) electrons. The molecular weight excluding hydrogens is 222 g/mol. The summed E-state index contributed by atoms with van der Waals surface area (Å²) >= 11 is 1.67. The highest BCUT2D eigenvalue weighted by molar-refractivity contribution is 7.09. The number of carbonyl (C=O) groups excluding carboxylic acids is 1. The summed E-state index contributed by atoms with van der Waals surface area (Å²) in [7, 11) is 1.41. The summed E-state index contributed by atoms with van der Waals surface area (Å²) in [4.78, 5) is 15.5. The van der Waals surface area contributed by atoms with Gasteiger partial charge in [-0.25, -0.2) is 4.98 Å². The maximum atomic E-state index is 11.0. The van der Waals surface area contributed by atoms with Crippen LogP contribution in [0, 0.1) is 5.41 Å². The first-order valence-corrected chi connectivity index (χ1v) is 6.29. The molecule has 0 N–H and O–H groups in total. The summed E-state index contributed by atoms with van der Waals surface area (Å²) in [5.41, 5.74) is 1.26. The minimum atomic E-state index is -0.176. The van der Waals surface area contributed by atoms with Crippen LogP contribution in [0.25, 0.3) is 0 Å². The summed E-state index contributed by atoms with van der Waals surface area (Å²) in [5, 5.41) is 3.18. The van der Waals surface area contributed by atoms with Gasteiger partial charge in [-0.1, -0.05) is 20.8 Å². The molecule has 3 nitrogen and oxygen atoms in total. The van der Waals surface area contributed by atoms with Gasteiger partial charge in [0.2, 0.25) is 0 Å². The van der Waals surface area contributed by atoms with Gasteiger partial charge in [-0.15, -0.1) is 11.3 Å². The van der Waals surface area contributed by atoms with Crippen LogP contribution in [0.4, 0.5) is 0 Å². The lowest BCUT2D eigenvalue weighted by molar-refractivity contribution is -0.140. The zero-order valence-corrected chi connectivity index (χ0v) is 11.2. The number of ether oxygens (including phenoxy) is 1. The van der Waals surface area contributed by atoms with E-state index < -0.39 is 0 Å². The van der Waals surface area contributed by atoms with Crippen molar-refractivity contribution in [3.05, 3.63) is 16.1 Å². The van der Waals surface area contributed by atoms with E-state index in [-0.39, 0.29) is 11.4 Å². The van der Waals surface area contributed by atoms with Crippen LogP contribution in [0.2, 0.25) is 0 Å². The van der Waals surface area contributed by atoms with E-state index in [1.54, 1.807) is 11.3 Å². The standard InChI is InChI=1S/C12H19NO2S/c1-12(2,3)7-10-13-9(8-16-10)5-6-11(14)15-4/h8H,5-7H2,1-4H3. The van der Waals surface area contributed by atoms with Gasteiger partial charge in [0.25, 0.3) is 0 Å². The second kappa shape index (κ2) is 5.43. The lowest BCUT2D eigenvalue weighted by Gasteiger charge is -2.15. The van der Waals surface area contributed by atoms with Crippen LogP contribution < -0.4 is 0 Å². The molecule has 0 bridgehead atoms. The molecule has 1 aromatic rings. The molecule has 0 saturated heterocycles. The first-order chi connectivity index (χ1) is 7.40. The van der Waals surface area contributed by atoms with Crippen molar-refractivity contribution >= 4 is 17.3 Å². The summed E-state index contributed by atoms with van der Waals surface area (Å²) < 4.78 is 4.60. The number of hydrogen-bond acceptors (Lipinski definition) is 4. The molecule has 16 heavy (non-hydrogen) atoms. The Morgan fingerprint density at radius 2 is 2.19 bits per heavy atom. The van der Waals surface area contributed by atoms with Crippen LogP contribution in [-0.2, 0) is 22.4 Å². The van der Waals surface area contributed by atoms with E-state index in [0.29, 0.717) is 12.8 Å². The largest absolute Gasteiger partial charge is 0.469 e. The Morgan fingerprint density at radius 1 is 1.50 bits per heavy atom. The number of carbonyl (C=O) groups is 1. The Kier molecular flexibility index (Phi) is 4.47. The van der Waals surface area contributed by atoms with Crippen molar-refractivity contribution < 1.29 is 9.53 Å². The summed E-state index contributed by atoms with van der Waals surface area (Å²) in [6.45, 7) is 6.59. The molecule has 4 heteroatoms. The molecule has 0 spiro atoms. The smallest absolute Gasteiger partial charge is 0.305 e. The second-order valence-electron chi connectivity index (χ2n) is 5.05. The van der Waals surface area contributed by atoms with E-state index in [2.05, 4.69) is 30.5 Å². The molecule has 0 aliphatic heterocycles. The van der Waals surface area contributed by atoms with Crippen LogP contribution in [0.3, 0.4) is 0 Å². The van der Waals surface area contributed by atoms with Gasteiger partial charge in [-0.3, -0.25) is 4.79 Å². The van der Waals surface area contributed by atoms with E-state index in [4.69, 9.17) is 0 Å². The minimum Gasteiger partial charge on any atom is -0.469 e. The number of rotatable bonds is 4. The zero-order chi connectivity index (χ0) is 12.2. The number of nitrogens with zero attached hydrogens (tertiary/aromatic N) is 1. The van der Waals surface area contributed by atoms with Gasteiger partial charge >= 0.3 is 5.97 Å². The van der Waals surface area contributed by atoms with E-state index in [0.717, 1.165) is 17.1 Å². The Bertz CT molecular complexity index is 352. The number of esters is 1. The quantitative estimate of drug-likeness (QED) is 0.761. The first kappa shape index (κ1) is 13.2. The van der Waals surface area contributed by atoms with E-state index in [1.807, 2.05) is 5.38 Å². The van der Waals surface area contributed by atoms with Crippen LogP contribution >= 0.6 is 11.3 Å². The van der Waals surface area contributed by atoms with Gasteiger partial charge in [-0.2, -0.15) is 0 Å². The number of aryl methyl sites for hydroxylation is 1. The molecule has 0 aliphatic rings. The Hall–Kier alpha value is -0.900. The number of methoxy groups -OCH3 is 1. The topological polar surface area (TPSA) is 39.2 Å². The SMILES string of the molecule is COC(=O)CCc1csc(CC(C)(C)C)n1. The van der Waals surface area contributed by atoms with Gasteiger partial charge in [0.15, 0.2) is 0 Å². The molecule has 1 aromatic heterocycles. The van der Waals surface area contributed by atoms with Crippen LogP contribution in [0.15, 0.2) is 5.38 Å². The molecule has 1 heterocycles. The highest BCUT2D eigenvalue weighted by Gasteiger charge is 2.14. The molecule has 0 aromatic carbocycles. The Labute approximate surface area is 101 Å². The number of hydrogen-bond donors (Lipinski definition) is 0. The van der Waals surface area contributed by atoms with Gasteiger partial charge in [0.05, 0.1) is 24.2 Å². The fraction of sp³-hybridized carbons (Fsp3) is 0.667. The van der Waals surface area contributed by atoms with Gasteiger partial charge < -0.3 is 4.74 Å². The lowest BCUT2D eigenvalue weighted by atomic mass is 9.93. The van der Waals surface area contributed by atoms with Gasteiger partial charge in [0.1, 0.15) is 0 Å². The lowest BCUT2D eigenvalue weighted by Crippen LogP contribution is -2.09. The summed E-state index contributed by atoms with van der Waals surface area (Å²) in [6, 6.07) is 0. The maximum absolute atomic E-state index is 11.0. The fourth-order valence-corrected chi connectivity index (χ4v) is 2.46. The van der Waals surface area contributed by atoms with E-state index in [1.165, 1.54) is 7.11 Å². The maximum Gasteiger partial charge on any atom is 0.305 e. The monoisotopic (exact) mass is 241 g/mol. The number of aromatic nitrogens is 1. The third-order valence-electron chi connectivity index (χ3n) is 2.09. The molecule has 90 valence electrons. The van der Waals surface area contributed by atoms with Gasteiger partial charge in [-0.05, 0) is 5.41 Å². The molecule has 0 aliphatic carbocycles. The Balaban J connectivity index is 2.49. The minimum absolute atomic E-state index is 0.176. The molecule has 0 unspecified atom stereocenters. The second-order valence-corrected chi connectivity index (χ2v) is 5.99. The van der Waals surface area contributed by atoms with Crippen molar-refractivity contribution in [2.75, 3.05) is 7.11 Å². The first-order valence-electron chi connectivity index (χ1n) is 5.41.